The molecular weight excluding hydrogens is 235 g/mol. The molecule has 88 valence electrons. The first-order valence-electron chi connectivity index (χ1n) is 5.37. The Hall–Kier alpha value is -1.22. The van der Waals surface area contributed by atoms with E-state index in [9.17, 15) is 4.79 Å². The molecule has 0 atom stereocenters. The van der Waals surface area contributed by atoms with Crippen LogP contribution >= 0.6 is 0 Å². The van der Waals surface area contributed by atoms with E-state index in [1.807, 2.05) is 25.1 Å². The van der Waals surface area contributed by atoms with Crippen molar-refractivity contribution in [2.75, 3.05) is 0 Å². The molecule has 0 saturated carbocycles. The van der Waals surface area contributed by atoms with Gasteiger partial charge in [0.15, 0.2) is 0 Å². The molecule has 18 heavy (non-hydrogen) atoms. The Balaban J connectivity index is 0.000000306. The van der Waals surface area contributed by atoms with E-state index in [4.69, 9.17) is 5.11 Å². The van der Waals surface area contributed by atoms with Crippen LogP contribution in [0.4, 0.5) is 0 Å². The average molecular weight is 250 g/mol. The number of carbonyl (C=O) groups is 1. The monoisotopic (exact) mass is 250 g/mol. The fraction of sp³-hybridized carbons (Fsp3) is 0.0667. The fourth-order valence-corrected chi connectivity index (χ4v) is 1.23. The van der Waals surface area contributed by atoms with Crippen molar-refractivity contribution in [2.45, 2.75) is 6.92 Å². The summed E-state index contributed by atoms with van der Waals surface area (Å²) in [6, 6.07) is 18.6. The summed E-state index contributed by atoms with van der Waals surface area (Å²) in [5.74, 6) is -0.879. The molecule has 0 aromatic heterocycles. The van der Waals surface area contributed by atoms with Crippen LogP contribution in [0.2, 0.25) is 0 Å². The van der Waals surface area contributed by atoms with Gasteiger partial charge in [-0.25, -0.2) is 4.79 Å². The molecule has 0 spiro atoms. The van der Waals surface area contributed by atoms with E-state index < -0.39 is 5.97 Å². The third kappa shape index (κ3) is 6.50. The minimum absolute atomic E-state index is 0. The topological polar surface area (TPSA) is 37.3 Å². The van der Waals surface area contributed by atoms with Crippen LogP contribution in [0.3, 0.4) is 0 Å². The maximum Gasteiger partial charge on any atom is 1.00 e. The van der Waals surface area contributed by atoms with Gasteiger partial charge in [0.1, 0.15) is 0 Å². The summed E-state index contributed by atoms with van der Waals surface area (Å²) < 4.78 is 0. The molecule has 2 aromatic carbocycles. The summed E-state index contributed by atoms with van der Waals surface area (Å²) >= 11 is 0. The number of carboxylic acid groups (broad SMARTS) is 1. The standard InChI is InChI=1S/C8H9.C7H6O2.Na/c1-2-8-6-4-3-5-7-8;8-7(9)6-4-2-1-3-5-6;/h2-7H,1H3;1-5H,(H,8,9);/q-1;;+1. The molecule has 0 saturated heterocycles. The first kappa shape index (κ1) is 16.8. The van der Waals surface area contributed by atoms with Crippen molar-refractivity contribution in [1.82, 2.24) is 0 Å². The van der Waals surface area contributed by atoms with Crippen molar-refractivity contribution < 1.29 is 39.5 Å². The molecule has 3 heteroatoms. The van der Waals surface area contributed by atoms with Crippen LogP contribution in [0, 0.1) is 6.42 Å². The van der Waals surface area contributed by atoms with Crippen LogP contribution < -0.4 is 29.6 Å². The zero-order valence-electron chi connectivity index (χ0n) is 10.7. The largest absolute Gasteiger partial charge is 1.00 e. The molecule has 0 aliphatic carbocycles. The van der Waals surface area contributed by atoms with Gasteiger partial charge in [0, 0.05) is 0 Å². The van der Waals surface area contributed by atoms with Gasteiger partial charge < -0.3 is 5.11 Å². The maximum absolute atomic E-state index is 10.2. The Bertz CT molecular complexity index is 441. The Morgan fingerprint density at radius 2 is 1.39 bits per heavy atom. The number of hydrogen-bond acceptors (Lipinski definition) is 1. The number of benzene rings is 2. The van der Waals surface area contributed by atoms with E-state index in [1.165, 1.54) is 5.56 Å². The molecule has 0 amide bonds. The van der Waals surface area contributed by atoms with Crippen molar-refractivity contribution in [3.8, 4) is 0 Å². The molecule has 0 fully saturated rings. The minimum atomic E-state index is -0.879. The Kier molecular flexibility index (Phi) is 9.11. The predicted octanol–water partition coefficient (Wildman–Crippen LogP) is 0.648. The van der Waals surface area contributed by atoms with Gasteiger partial charge >= 0.3 is 35.5 Å². The Morgan fingerprint density at radius 1 is 0.944 bits per heavy atom. The molecule has 2 aromatic rings. The summed E-state index contributed by atoms with van der Waals surface area (Å²) in [5, 5.41) is 8.38. The molecule has 0 unspecified atom stereocenters. The summed E-state index contributed by atoms with van der Waals surface area (Å²) in [6.45, 7) is 2.04. The van der Waals surface area contributed by atoms with Gasteiger partial charge in [0.25, 0.3) is 0 Å². The number of rotatable bonds is 2. The van der Waals surface area contributed by atoms with Crippen LogP contribution in [0.1, 0.15) is 22.8 Å². The Labute approximate surface area is 130 Å². The van der Waals surface area contributed by atoms with E-state index in [-0.39, 0.29) is 29.6 Å². The van der Waals surface area contributed by atoms with E-state index in [0.29, 0.717) is 5.56 Å². The van der Waals surface area contributed by atoms with Gasteiger partial charge in [-0.15, -0.1) is 12.1 Å². The molecule has 0 radical (unpaired) electrons. The van der Waals surface area contributed by atoms with E-state index >= 15 is 0 Å². The molecule has 2 nitrogen and oxygen atoms in total. The van der Waals surface area contributed by atoms with Crippen molar-refractivity contribution >= 4 is 5.97 Å². The molecule has 0 bridgehead atoms. The molecule has 0 aliphatic rings. The van der Waals surface area contributed by atoms with Gasteiger partial charge in [-0.1, -0.05) is 31.2 Å². The average Bonchev–Trinajstić information content (AvgIpc) is 2.41. The second kappa shape index (κ2) is 9.77. The maximum atomic E-state index is 10.2. The van der Waals surface area contributed by atoms with Crippen LogP contribution in [0.15, 0.2) is 60.7 Å². The molecule has 0 aliphatic heterocycles. The molecule has 1 N–H and O–H groups in total. The van der Waals surface area contributed by atoms with Crippen LogP contribution in [-0.2, 0) is 0 Å². The summed E-state index contributed by atoms with van der Waals surface area (Å²) in [7, 11) is 0. The van der Waals surface area contributed by atoms with E-state index in [0.717, 1.165) is 0 Å². The van der Waals surface area contributed by atoms with Crippen molar-refractivity contribution in [1.29, 1.82) is 0 Å². The third-order valence-corrected chi connectivity index (χ3v) is 2.15. The normalized spacial score (nSPS) is 8.28. The van der Waals surface area contributed by atoms with Crippen molar-refractivity contribution in [3.63, 3.8) is 0 Å². The first-order valence-corrected chi connectivity index (χ1v) is 5.37. The van der Waals surface area contributed by atoms with Crippen LogP contribution in [0.5, 0.6) is 0 Å². The quantitative estimate of drug-likeness (QED) is 0.627. The smallest absolute Gasteiger partial charge is 0.478 e. The minimum Gasteiger partial charge on any atom is -0.478 e. The molecular formula is C15H15NaO2. The number of aromatic carboxylic acids is 1. The molecule has 0 heterocycles. The summed E-state index contributed by atoms with van der Waals surface area (Å²) in [4.78, 5) is 10.2. The number of carboxylic acids is 1. The summed E-state index contributed by atoms with van der Waals surface area (Å²) in [6.07, 6.45) is 2.08. The fourth-order valence-electron chi connectivity index (χ4n) is 1.23. The van der Waals surface area contributed by atoms with Gasteiger partial charge in [-0.2, -0.15) is 24.1 Å². The second-order valence-corrected chi connectivity index (χ2v) is 3.37. The van der Waals surface area contributed by atoms with Crippen molar-refractivity contribution in [2.24, 2.45) is 0 Å². The zero-order valence-corrected chi connectivity index (χ0v) is 12.7. The second-order valence-electron chi connectivity index (χ2n) is 3.37. The van der Waals surface area contributed by atoms with E-state index in [1.54, 1.807) is 30.3 Å². The van der Waals surface area contributed by atoms with Crippen molar-refractivity contribution in [3.05, 3.63) is 78.2 Å². The van der Waals surface area contributed by atoms with E-state index in [2.05, 4.69) is 18.6 Å². The first-order chi connectivity index (χ1) is 8.24. The SMILES string of the molecule is C[CH-]c1ccccc1.O=C(O)c1ccccc1.[Na+]. The third-order valence-electron chi connectivity index (χ3n) is 2.15. The summed E-state index contributed by atoms with van der Waals surface area (Å²) in [5.41, 5.74) is 1.62. The van der Waals surface area contributed by atoms with Gasteiger partial charge in [-0.05, 0) is 12.1 Å². The van der Waals surface area contributed by atoms with Gasteiger partial charge in [-0.3, -0.25) is 0 Å². The predicted molar refractivity (Wildman–Crippen MR) is 68.9 cm³/mol. The zero-order chi connectivity index (χ0) is 12.5. The Morgan fingerprint density at radius 3 is 1.67 bits per heavy atom. The van der Waals surface area contributed by atoms with Crippen LogP contribution in [-0.4, -0.2) is 11.1 Å². The van der Waals surface area contributed by atoms with Crippen LogP contribution in [0.25, 0.3) is 0 Å². The van der Waals surface area contributed by atoms with Gasteiger partial charge in [0.05, 0.1) is 5.56 Å². The molecule has 2 rings (SSSR count). The number of hydrogen-bond donors (Lipinski definition) is 1. The van der Waals surface area contributed by atoms with Gasteiger partial charge in [0.2, 0.25) is 0 Å².